The average Bonchev–Trinajstić information content (AvgIpc) is 2.40. The number of carbonyl (C=O) groups excluding carboxylic acids is 1. The molecule has 0 aliphatic carbocycles. The summed E-state index contributed by atoms with van der Waals surface area (Å²) in [5.74, 6) is -0.304. The quantitative estimate of drug-likeness (QED) is 0.703. The Morgan fingerprint density at radius 3 is 2.71 bits per heavy atom. The van der Waals surface area contributed by atoms with Gasteiger partial charge in [-0.2, -0.15) is 0 Å². The van der Waals surface area contributed by atoms with E-state index >= 15 is 0 Å². The van der Waals surface area contributed by atoms with Gasteiger partial charge in [-0.25, -0.2) is 9.18 Å². The molecular weight excluding hydrogens is 337 g/mol. The predicted octanol–water partition coefficient (Wildman–Crippen LogP) is 5.05. The van der Waals surface area contributed by atoms with Gasteiger partial charge >= 0.3 is 6.09 Å². The maximum absolute atomic E-state index is 13.8. The molecule has 0 aromatic heterocycles. The van der Waals surface area contributed by atoms with Crippen LogP contribution in [0.2, 0.25) is 0 Å². The van der Waals surface area contributed by atoms with Crippen LogP contribution in [0.25, 0.3) is 0 Å². The monoisotopic (exact) mass is 357 g/mol. The number of piperidine rings is 1. The van der Waals surface area contributed by atoms with Gasteiger partial charge in [0, 0.05) is 6.54 Å². The molecule has 116 valence electrons. The van der Waals surface area contributed by atoms with Crippen molar-refractivity contribution in [2.24, 2.45) is 0 Å². The van der Waals surface area contributed by atoms with Crippen molar-refractivity contribution in [3.8, 4) is 0 Å². The smallest absolute Gasteiger partial charge is 0.410 e. The molecule has 1 aromatic rings. The lowest BCUT2D eigenvalue weighted by Gasteiger charge is -2.37. The first-order valence-electron chi connectivity index (χ1n) is 7.22. The van der Waals surface area contributed by atoms with Crippen LogP contribution in [0.1, 0.15) is 51.6 Å². The molecule has 0 saturated carbocycles. The fourth-order valence-corrected chi connectivity index (χ4v) is 2.78. The molecule has 1 saturated heterocycles. The number of benzene rings is 1. The Kier molecular flexibility index (Phi) is 4.91. The van der Waals surface area contributed by atoms with E-state index in [9.17, 15) is 9.18 Å². The van der Waals surface area contributed by atoms with Crippen LogP contribution < -0.4 is 0 Å². The van der Waals surface area contributed by atoms with E-state index in [-0.39, 0.29) is 18.0 Å². The highest BCUT2D eigenvalue weighted by Gasteiger charge is 2.31. The van der Waals surface area contributed by atoms with Gasteiger partial charge in [0.15, 0.2) is 0 Å². The molecule has 0 N–H and O–H groups in total. The Bertz CT molecular complexity index is 527. The van der Waals surface area contributed by atoms with Crippen LogP contribution >= 0.6 is 15.9 Å². The van der Waals surface area contributed by atoms with Crippen molar-refractivity contribution in [1.82, 2.24) is 4.90 Å². The van der Waals surface area contributed by atoms with E-state index in [2.05, 4.69) is 15.9 Å². The Balaban J connectivity index is 2.22. The standard InChI is InChI=1S/C16H21BrFNO2/c1-16(2,3)21-15(20)19-9-5-4-6-14(19)11-7-8-12(17)13(18)10-11/h7-8,10,14H,4-6,9H2,1-3H3. The van der Waals surface area contributed by atoms with Gasteiger partial charge in [-0.05, 0) is 73.7 Å². The van der Waals surface area contributed by atoms with Gasteiger partial charge in [0.1, 0.15) is 11.4 Å². The maximum atomic E-state index is 13.8. The van der Waals surface area contributed by atoms with E-state index < -0.39 is 5.60 Å². The van der Waals surface area contributed by atoms with Gasteiger partial charge in [0.05, 0.1) is 10.5 Å². The summed E-state index contributed by atoms with van der Waals surface area (Å²) in [7, 11) is 0. The zero-order valence-corrected chi connectivity index (χ0v) is 14.2. The number of carbonyl (C=O) groups is 1. The van der Waals surface area contributed by atoms with Gasteiger partial charge in [-0.1, -0.05) is 6.07 Å². The summed E-state index contributed by atoms with van der Waals surface area (Å²) in [4.78, 5) is 14.1. The average molecular weight is 358 g/mol. The summed E-state index contributed by atoms with van der Waals surface area (Å²) in [6.45, 7) is 6.20. The van der Waals surface area contributed by atoms with Gasteiger partial charge in [-0.3, -0.25) is 0 Å². The highest BCUT2D eigenvalue weighted by Crippen LogP contribution is 2.33. The minimum absolute atomic E-state index is 0.115. The van der Waals surface area contributed by atoms with Crippen molar-refractivity contribution in [3.05, 3.63) is 34.1 Å². The molecule has 1 fully saturated rings. The van der Waals surface area contributed by atoms with Crippen molar-refractivity contribution in [2.75, 3.05) is 6.54 Å². The SMILES string of the molecule is CC(C)(C)OC(=O)N1CCCCC1c1ccc(Br)c(F)c1. The van der Waals surface area contributed by atoms with E-state index in [1.54, 1.807) is 11.0 Å². The first kappa shape index (κ1) is 16.3. The highest BCUT2D eigenvalue weighted by molar-refractivity contribution is 9.10. The van der Waals surface area contributed by atoms with Gasteiger partial charge in [0.25, 0.3) is 0 Å². The Hall–Kier alpha value is -1.10. The van der Waals surface area contributed by atoms with E-state index in [0.717, 1.165) is 24.8 Å². The van der Waals surface area contributed by atoms with Gasteiger partial charge < -0.3 is 9.64 Å². The van der Waals surface area contributed by atoms with Gasteiger partial charge in [0.2, 0.25) is 0 Å². The number of ether oxygens (including phenoxy) is 1. The number of rotatable bonds is 1. The molecule has 0 radical (unpaired) electrons. The lowest BCUT2D eigenvalue weighted by Crippen LogP contribution is -2.41. The zero-order valence-electron chi connectivity index (χ0n) is 12.7. The third-order valence-corrected chi connectivity index (χ3v) is 4.10. The summed E-state index contributed by atoms with van der Waals surface area (Å²) in [6.07, 6.45) is 2.49. The molecule has 1 heterocycles. The van der Waals surface area contributed by atoms with Crippen molar-refractivity contribution in [1.29, 1.82) is 0 Å². The van der Waals surface area contributed by atoms with E-state index in [4.69, 9.17) is 4.74 Å². The van der Waals surface area contributed by atoms with Crippen LogP contribution in [-0.4, -0.2) is 23.1 Å². The topological polar surface area (TPSA) is 29.5 Å². The molecule has 0 spiro atoms. The molecule has 21 heavy (non-hydrogen) atoms. The normalized spacial score (nSPS) is 19.5. The molecule has 1 atom stereocenters. The summed E-state index contributed by atoms with van der Waals surface area (Å²) < 4.78 is 19.7. The minimum atomic E-state index is -0.524. The van der Waals surface area contributed by atoms with Crippen LogP contribution in [0.3, 0.4) is 0 Å². The highest BCUT2D eigenvalue weighted by atomic mass is 79.9. The first-order valence-corrected chi connectivity index (χ1v) is 8.02. The second-order valence-corrected chi connectivity index (χ2v) is 7.21. The molecule has 5 heteroatoms. The van der Waals surface area contributed by atoms with Crippen LogP contribution in [0.5, 0.6) is 0 Å². The molecule has 3 nitrogen and oxygen atoms in total. The van der Waals surface area contributed by atoms with Crippen LogP contribution in [0.15, 0.2) is 22.7 Å². The van der Waals surface area contributed by atoms with Crippen LogP contribution in [0.4, 0.5) is 9.18 Å². The second-order valence-electron chi connectivity index (χ2n) is 6.36. The lowest BCUT2D eigenvalue weighted by molar-refractivity contribution is 0.00947. The van der Waals surface area contributed by atoms with Gasteiger partial charge in [-0.15, -0.1) is 0 Å². The number of amides is 1. The first-order chi connectivity index (χ1) is 9.78. The zero-order chi connectivity index (χ0) is 15.6. The number of likely N-dealkylation sites (tertiary alicyclic amines) is 1. The molecule has 1 amide bonds. The summed E-state index contributed by atoms with van der Waals surface area (Å²) in [6, 6.07) is 4.93. The number of hydrogen-bond donors (Lipinski definition) is 0. The second kappa shape index (κ2) is 6.34. The number of hydrogen-bond acceptors (Lipinski definition) is 2. The summed E-state index contributed by atoms with van der Waals surface area (Å²) in [5, 5.41) is 0. The van der Waals surface area contributed by atoms with Crippen molar-refractivity contribution in [2.45, 2.75) is 51.7 Å². The van der Waals surface area contributed by atoms with Crippen molar-refractivity contribution < 1.29 is 13.9 Å². The van der Waals surface area contributed by atoms with E-state index in [1.807, 2.05) is 26.8 Å². The fourth-order valence-electron chi connectivity index (χ4n) is 2.54. The molecule has 1 aromatic carbocycles. The van der Waals surface area contributed by atoms with Crippen molar-refractivity contribution >= 4 is 22.0 Å². The van der Waals surface area contributed by atoms with Crippen LogP contribution in [-0.2, 0) is 4.74 Å². The van der Waals surface area contributed by atoms with Crippen molar-refractivity contribution in [3.63, 3.8) is 0 Å². The summed E-state index contributed by atoms with van der Waals surface area (Å²) >= 11 is 3.16. The Morgan fingerprint density at radius 1 is 1.38 bits per heavy atom. The fraction of sp³-hybridized carbons (Fsp3) is 0.562. The number of nitrogens with zero attached hydrogens (tertiary/aromatic N) is 1. The molecule has 1 unspecified atom stereocenters. The predicted molar refractivity (Wildman–Crippen MR) is 83.6 cm³/mol. The molecular formula is C16H21BrFNO2. The van der Waals surface area contributed by atoms with E-state index in [1.165, 1.54) is 6.07 Å². The third kappa shape index (κ3) is 4.19. The van der Waals surface area contributed by atoms with E-state index in [0.29, 0.717) is 11.0 Å². The van der Waals surface area contributed by atoms with Crippen LogP contribution in [0, 0.1) is 5.82 Å². The lowest BCUT2D eigenvalue weighted by atomic mass is 9.95. The maximum Gasteiger partial charge on any atom is 0.410 e. The molecule has 0 bridgehead atoms. The minimum Gasteiger partial charge on any atom is -0.444 e. The molecule has 2 rings (SSSR count). The Morgan fingerprint density at radius 2 is 2.10 bits per heavy atom. The molecule has 1 aliphatic heterocycles. The Labute approximate surface area is 133 Å². The largest absolute Gasteiger partial charge is 0.444 e. The molecule has 1 aliphatic rings. The third-order valence-electron chi connectivity index (χ3n) is 3.46. The summed E-state index contributed by atoms with van der Waals surface area (Å²) in [5.41, 5.74) is 0.297. The number of halogens is 2.